The van der Waals surface area contributed by atoms with Crippen molar-refractivity contribution in [2.75, 3.05) is 11.9 Å². The third-order valence-corrected chi connectivity index (χ3v) is 7.22. The van der Waals surface area contributed by atoms with Crippen molar-refractivity contribution in [3.05, 3.63) is 45.1 Å². The van der Waals surface area contributed by atoms with E-state index in [4.69, 9.17) is 11.6 Å². The SMILES string of the molecule is CCN(Cc1ccc(Cl)s1)S(=O)(=O)c1ccc2c(c1)[C@H](C)C(=O)N2. The number of sulfonamides is 1. The van der Waals surface area contributed by atoms with Gasteiger partial charge in [-0.25, -0.2) is 8.42 Å². The summed E-state index contributed by atoms with van der Waals surface area (Å²) in [5.74, 6) is -0.457. The number of nitrogens with one attached hydrogen (secondary N) is 1. The van der Waals surface area contributed by atoms with Crippen LogP contribution >= 0.6 is 22.9 Å². The van der Waals surface area contributed by atoms with Crippen molar-refractivity contribution in [3.8, 4) is 0 Å². The maximum Gasteiger partial charge on any atom is 0.243 e. The number of fused-ring (bicyclic) bond motifs is 1. The summed E-state index contributed by atoms with van der Waals surface area (Å²) in [5.41, 5.74) is 1.40. The van der Waals surface area contributed by atoms with Crippen LogP contribution in [0.1, 0.15) is 30.2 Å². The van der Waals surface area contributed by atoms with Crippen LogP contribution in [0.4, 0.5) is 5.69 Å². The highest BCUT2D eigenvalue weighted by atomic mass is 35.5. The second-order valence-electron chi connectivity index (χ2n) is 5.60. The van der Waals surface area contributed by atoms with Gasteiger partial charge in [0.05, 0.1) is 15.1 Å². The summed E-state index contributed by atoms with van der Waals surface area (Å²) >= 11 is 7.29. The van der Waals surface area contributed by atoms with E-state index in [1.54, 1.807) is 32.0 Å². The Morgan fingerprint density at radius 1 is 1.29 bits per heavy atom. The molecule has 2 aromatic rings. The first-order valence-corrected chi connectivity index (χ1v) is 10.2. The van der Waals surface area contributed by atoms with Gasteiger partial charge in [0.1, 0.15) is 0 Å². The van der Waals surface area contributed by atoms with Gasteiger partial charge >= 0.3 is 0 Å². The van der Waals surface area contributed by atoms with Crippen molar-refractivity contribution in [2.24, 2.45) is 0 Å². The molecule has 1 atom stereocenters. The molecule has 0 radical (unpaired) electrons. The highest BCUT2D eigenvalue weighted by Gasteiger charge is 2.30. The molecule has 3 rings (SSSR count). The lowest BCUT2D eigenvalue weighted by Gasteiger charge is -2.20. The van der Waals surface area contributed by atoms with Crippen molar-refractivity contribution in [3.63, 3.8) is 0 Å². The molecule has 5 nitrogen and oxygen atoms in total. The number of anilines is 1. The number of hydrogen-bond acceptors (Lipinski definition) is 4. The molecule has 0 fully saturated rings. The molecule has 128 valence electrons. The number of halogens is 1. The van der Waals surface area contributed by atoms with Crippen LogP contribution in [0.2, 0.25) is 4.34 Å². The van der Waals surface area contributed by atoms with Gasteiger partial charge in [-0.3, -0.25) is 4.79 Å². The molecular formula is C16H17ClN2O3S2. The van der Waals surface area contributed by atoms with Gasteiger partial charge in [0.2, 0.25) is 15.9 Å². The monoisotopic (exact) mass is 384 g/mol. The fraction of sp³-hybridized carbons (Fsp3) is 0.312. The second kappa shape index (κ2) is 6.48. The van der Waals surface area contributed by atoms with Gasteiger partial charge in [0.15, 0.2) is 0 Å². The number of carbonyl (C=O) groups is 1. The Labute approximate surface area is 150 Å². The summed E-state index contributed by atoms with van der Waals surface area (Å²) in [5, 5.41) is 2.75. The number of carbonyl (C=O) groups excluding carboxylic acids is 1. The van der Waals surface area contributed by atoms with Crippen LogP contribution in [-0.4, -0.2) is 25.2 Å². The van der Waals surface area contributed by atoms with E-state index >= 15 is 0 Å². The van der Waals surface area contributed by atoms with Crippen molar-refractivity contribution < 1.29 is 13.2 Å². The molecule has 2 heterocycles. The van der Waals surface area contributed by atoms with Gasteiger partial charge in [0, 0.05) is 23.7 Å². The van der Waals surface area contributed by atoms with E-state index in [9.17, 15) is 13.2 Å². The highest BCUT2D eigenvalue weighted by Crippen LogP contribution is 2.34. The normalized spacial score (nSPS) is 17.2. The van der Waals surface area contributed by atoms with E-state index in [1.807, 2.05) is 6.07 Å². The molecule has 1 aliphatic heterocycles. The van der Waals surface area contributed by atoms with Crippen LogP contribution in [0, 0.1) is 0 Å². The number of rotatable bonds is 5. The lowest BCUT2D eigenvalue weighted by molar-refractivity contribution is -0.116. The molecule has 1 aromatic carbocycles. The van der Waals surface area contributed by atoms with Crippen LogP contribution < -0.4 is 5.32 Å². The number of thiophene rings is 1. The summed E-state index contributed by atoms with van der Waals surface area (Å²) in [6, 6.07) is 8.38. The maximum atomic E-state index is 13.0. The zero-order valence-electron chi connectivity index (χ0n) is 13.2. The summed E-state index contributed by atoms with van der Waals surface area (Å²) in [7, 11) is -3.64. The van der Waals surface area contributed by atoms with Gasteiger partial charge in [-0.1, -0.05) is 18.5 Å². The van der Waals surface area contributed by atoms with E-state index < -0.39 is 10.0 Å². The Morgan fingerprint density at radius 3 is 2.67 bits per heavy atom. The number of nitrogens with zero attached hydrogens (tertiary/aromatic N) is 1. The first-order chi connectivity index (χ1) is 11.3. The zero-order chi connectivity index (χ0) is 17.5. The fourth-order valence-corrected chi connectivity index (χ4v) is 5.33. The lowest BCUT2D eigenvalue weighted by atomic mass is 10.0. The van der Waals surface area contributed by atoms with Crippen LogP contribution in [0.5, 0.6) is 0 Å². The molecule has 24 heavy (non-hydrogen) atoms. The molecule has 0 aliphatic carbocycles. The van der Waals surface area contributed by atoms with Gasteiger partial charge in [0.25, 0.3) is 0 Å². The lowest BCUT2D eigenvalue weighted by Crippen LogP contribution is -2.30. The molecule has 1 amide bonds. The highest BCUT2D eigenvalue weighted by molar-refractivity contribution is 7.89. The van der Waals surface area contributed by atoms with Crippen molar-refractivity contribution in [2.45, 2.75) is 31.2 Å². The number of hydrogen-bond donors (Lipinski definition) is 1. The minimum atomic E-state index is -3.64. The van der Waals surface area contributed by atoms with E-state index in [-0.39, 0.29) is 23.3 Å². The maximum absolute atomic E-state index is 13.0. The first kappa shape index (κ1) is 17.4. The predicted octanol–water partition coefficient (Wildman–Crippen LogP) is 3.67. The Bertz CT molecular complexity index is 892. The van der Waals surface area contributed by atoms with E-state index in [0.29, 0.717) is 16.6 Å². The number of amides is 1. The van der Waals surface area contributed by atoms with Crippen LogP contribution in [0.3, 0.4) is 0 Å². The average Bonchev–Trinajstić information content (AvgIpc) is 3.08. The first-order valence-electron chi connectivity index (χ1n) is 7.52. The molecule has 8 heteroatoms. The summed E-state index contributed by atoms with van der Waals surface area (Å²) in [6.07, 6.45) is 0. The Hall–Kier alpha value is -1.41. The molecule has 0 unspecified atom stereocenters. The molecule has 0 saturated heterocycles. The molecular weight excluding hydrogens is 368 g/mol. The van der Waals surface area contributed by atoms with E-state index in [1.165, 1.54) is 21.7 Å². The van der Waals surface area contributed by atoms with Gasteiger partial charge < -0.3 is 5.32 Å². The van der Waals surface area contributed by atoms with Crippen LogP contribution in [0.15, 0.2) is 35.2 Å². The third-order valence-electron chi connectivity index (χ3n) is 4.09. The molecule has 1 aliphatic rings. The van der Waals surface area contributed by atoms with Crippen molar-refractivity contribution in [1.82, 2.24) is 4.31 Å². The summed E-state index contributed by atoms with van der Waals surface area (Å²) in [4.78, 5) is 12.8. The molecule has 1 N–H and O–H groups in total. The Kier molecular flexibility index (Phi) is 4.70. The second-order valence-corrected chi connectivity index (χ2v) is 9.33. The van der Waals surface area contributed by atoms with Gasteiger partial charge in [-0.15, -0.1) is 11.3 Å². The van der Waals surface area contributed by atoms with Crippen LogP contribution in [-0.2, 0) is 21.4 Å². The Balaban J connectivity index is 1.93. The smallest absolute Gasteiger partial charge is 0.243 e. The average molecular weight is 385 g/mol. The van der Waals surface area contributed by atoms with Crippen molar-refractivity contribution >= 4 is 44.6 Å². The largest absolute Gasteiger partial charge is 0.325 e. The topological polar surface area (TPSA) is 66.5 Å². The standard InChI is InChI=1S/C16H17ClN2O3S2/c1-3-19(9-11-4-7-15(17)23-11)24(21,22)12-5-6-14-13(8-12)10(2)16(20)18-14/h4-8,10H,3,9H2,1-2H3,(H,18,20)/t10-/m0/s1. The molecule has 0 bridgehead atoms. The molecule has 1 aromatic heterocycles. The van der Waals surface area contributed by atoms with Gasteiger partial charge in [-0.2, -0.15) is 4.31 Å². The summed E-state index contributed by atoms with van der Waals surface area (Å²) in [6.45, 7) is 4.19. The minimum absolute atomic E-state index is 0.111. The Morgan fingerprint density at radius 2 is 2.04 bits per heavy atom. The quantitative estimate of drug-likeness (QED) is 0.855. The van der Waals surface area contributed by atoms with Crippen LogP contribution in [0.25, 0.3) is 0 Å². The fourth-order valence-electron chi connectivity index (χ4n) is 2.68. The molecule has 0 spiro atoms. The minimum Gasteiger partial charge on any atom is -0.325 e. The van der Waals surface area contributed by atoms with Crippen molar-refractivity contribution in [1.29, 1.82) is 0 Å². The summed E-state index contributed by atoms with van der Waals surface area (Å²) < 4.78 is 28.0. The van der Waals surface area contributed by atoms with Gasteiger partial charge in [-0.05, 0) is 42.8 Å². The third kappa shape index (κ3) is 3.09. The number of benzene rings is 1. The predicted molar refractivity (Wildman–Crippen MR) is 96.1 cm³/mol. The zero-order valence-corrected chi connectivity index (χ0v) is 15.6. The molecule has 0 saturated carbocycles. The van der Waals surface area contributed by atoms with E-state index in [2.05, 4.69) is 5.32 Å². The van der Waals surface area contributed by atoms with E-state index in [0.717, 1.165) is 10.4 Å².